The van der Waals surface area contributed by atoms with Crippen LogP contribution in [0.1, 0.15) is 18.4 Å². The lowest BCUT2D eigenvalue weighted by Gasteiger charge is -2.32. The first kappa shape index (κ1) is 21.2. The zero-order valence-corrected chi connectivity index (χ0v) is 18.0. The molecule has 0 N–H and O–H groups in total. The minimum Gasteiger partial charge on any atom is -0.331 e. The van der Waals surface area contributed by atoms with Gasteiger partial charge in [-0.15, -0.1) is 0 Å². The fourth-order valence-corrected chi connectivity index (χ4v) is 5.75. The van der Waals surface area contributed by atoms with Gasteiger partial charge in [0, 0.05) is 49.7 Å². The van der Waals surface area contributed by atoms with Gasteiger partial charge < -0.3 is 4.57 Å². The largest absolute Gasteiger partial charge is 0.331 e. The quantitative estimate of drug-likeness (QED) is 0.428. The molecule has 31 heavy (non-hydrogen) atoms. The Hall–Kier alpha value is -3.04. The zero-order valence-electron chi connectivity index (χ0n) is 17.2. The predicted molar refractivity (Wildman–Crippen MR) is 117 cm³/mol. The number of sulfonamides is 1. The van der Waals surface area contributed by atoms with Crippen molar-refractivity contribution in [1.29, 1.82) is 0 Å². The number of benzene rings is 2. The maximum atomic E-state index is 13.1. The SMILES string of the molecule is Cc1ccc([N+](=O)[O-])cc1S(=O)(=O)N1CCC(Cn2ccnc2-c2ccccc2)CC1. The Labute approximate surface area is 181 Å². The van der Waals surface area contributed by atoms with Crippen molar-refractivity contribution in [1.82, 2.24) is 13.9 Å². The van der Waals surface area contributed by atoms with Gasteiger partial charge in [-0.2, -0.15) is 4.31 Å². The van der Waals surface area contributed by atoms with Gasteiger partial charge in [0.2, 0.25) is 10.0 Å². The molecule has 8 nitrogen and oxygen atoms in total. The van der Waals surface area contributed by atoms with Crippen LogP contribution in [0.2, 0.25) is 0 Å². The number of piperidine rings is 1. The summed E-state index contributed by atoms with van der Waals surface area (Å²) in [6.07, 6.45) is 5.18. The molecule has 0 amide bonds. The van der Waals surface area contributed by atoms with Gasteiger partial charge in [0.25, 0.3) is 5.69 Å². The second-order valence-corrected chi connectivity index (χ2v) is 9.73. The van der Waals surface area contributed by atoms with Crippen LogP contribution < -0.4 is 0 Å². The molecule has 3 aromatic rings. The highest BCUT2D eigenvalue weighted by Gasteiger charge is 2.31. The molecule has 1 aromatic heterocycles. The summed E-state index contributed by atoms with van der Waals surface area (Å²) in [7, 11) is -3.78. The Kier molecular flexibility index (Phi) is 5.88. The molecule has 0 spiro atoms. The number of nitro benzene ring substituents is 1. The maximum absolute atomic E-state index is 13.1. The van der Waals surface area contributed by atoms with Gasteiger partial charge in [-0.25, -0.2) is 13.4 Å². The van der Waals surface area contributed by atoms with Crippen molar-refractivity contribution in [3.05, 3.63) is 76.6 Å². The van der Waals surface area contributed by atoms with Gasteiger partial charge in [0.15, 0.2) is 0 Å². The van der Waals surface area contributed by atoms with E-state index < -0.39 is 14.9 Å². The zero-order chi connectivity index (χ0) is 22.0. The molecule has 9 heteroatoms. The van der Waals surface area contributed by atoms with Gasteiger partial charge in [-0.05, 0) is 31.2 Å². The highest BCUT2D eigenvalue weighted by Crippen LogP contribution is 2.29. The topological polar surface area (TPSA) is 98.3 Å². The van der Waals surface area contributed by atoms with Crippen LogP contribution in [0, 0.1) is 23.0 Å². The molecule has 1 fully saturated rings. The molecule has 0 aliphatic carbocycles. The molecule has 1 aliphatic rings. The van der Waals surface area contributed by atoms with Crippen LogP contribution in [-0.2, 0) is 16.6 Å². The van der Waals surface area contributed by atoms with Crippen molar-refractivity contribution in [3.8, 4) is 11.4 Å². The Morgan fingerprint density at radius 3 is 2.52 bits per heavy atom. The summed E-state index contributed by atoms with van der Waals surface area (Å²) in [6, 6.07) is 14.0. The van der Waals surface area contributed by atoms with E-state index in [1.165, 1.54) is 16.4 Å². The molecule has 0 saturated carbocycles. The standard InChI is InChI=1S/C22H24N4O4S/c1-17-7-8-20(26(27)28)15-21(17)31(29,30)25-12-9-18(10-13-25)16-24-14-11-23-22(24)19-5-3-2-4-6-19/h2-8,11,14-15,18H,9-10,12-13,16H2,1H3. The van der Waals surface area contributed by atoms with E-state index in [-0.39, 0.29) is 10.6 Å². The molecule has 0 unspecified atom stereocenters. The second kappa shape index (κ2) is 8.60. The Morgan fingerprint density at radius 1 is 1.13 bits per heavy atom. The van der Waals surface area contributed by atoms with Crippen LogP contribution in [0.15, 0.2) is 65.8 Å². The minimum atomic E-state index is -3.78. The van der Waals surface area contributed by atoms with Crippen molar-refractivity contribution in [2.24, 2.45) is 5.92 Å². The third-order valence-corrected chi connectivity index (χ3v) is 7.82. The Morgan fingerprint density at radius 2 is 1.84 bits per heavy atom. The molecule has 0 bridgehead atoms. The smallest absolute Gasteiger partial charge is 0.270 e. The fraction of sp³-hybridized carbons (Fsp3) is 0.318. The van der Waals surface area contributed by atoms with Crippen LogP contribution in [0.5, 0.6) is 0 Å². The number of aromatic nitrogens is 2. The molecule has 4 rings (SSSR count). The molecule has 2 heterocycles. The van der Waals surface area contributed by atoms with E-state index in [0.717, 1.165) is 36.8 Å². The normalized spacial score (nSPS) is 15.8. The van der Waals surface area contributed by atoms with Gasteiger partial charge >= 0.3 is 0 Å². The molecule has 1 aliphatic heterocycles. The Balaban J connectivity index is 1.46. The number of hydrogen-bond acceptors (Lipinski definition) is 5. The van der Waals surface area contributed by atoms with Crippen molar-refractivity contribution >= 4 is 15.7 Å². The van der Waals surface area contributed by atoms with E-state index in [9.17, 15) is 18.5 Å². The number of hydrogen-bond donors (Lipinski definition) is 0. The molecular weight excluding hydrogens is 416 g/mol. The summed E-state index contributed by atoms with van der Waals surface area (Å²) in [5.41, 5.74) is 1.35. The van der Waals surface area contributed by atoms with E-state index in [4.69, 9.17) is 0 Å². The summed E-state index contributed by atoms with van der Waals surface area (Å²) in [6.45, 7) is 3.22. The molecular formula is C22H24N4O4S. The molecule has 0 radical (unpaired) electrons. The first-order valence-corrected chi connectivity index (χ1v) is 11.6. The van der Waals surface area contributed by atoms with E-state index in [0.29, 0.717) is 24.6 Å². The van der Waals surface area contributed by atoms with Crippen LogP contribution >= 0.6 is 0 Å². The van der Waals surface area contributed by atoms with Crippen LogP contribution in [0.3, 0.4) is 0 Å². The van der Waals surface area contributed by atoms with Gasteiger partial charge in [0.1, 0.15) is 5.82 Å². The number of nitrogens with zero attached hydrogens (tertiary/aromatic N) is 4. The van der Waals surface area contributed by atoms with E-state index in [1.54, 1.807) is 13.1 Å². The third-order valence-electron chi connectivity index (χ3n) is 5.78. The number of aryl methyl sites for hydroxylation is 1. The average molecular weight is 441 g/mol. The van der Waals surface area contributed by atoms with Gasteiger partial charge in [-0.1, -0.05) is 36.4 Å². The summed E-state index contributed by atoms with van der Waals surface area (Å²) in [4.78, 5) is 15.0. The summed E-state index contributed by atoms with van der Waals surface area (Å²) >= 11 is 0. The molecule has 1 saturated heterocycles. The highest BCUT2D eigenvalue weighted by molar-refractivity contribution is 7.89. The number of imidazole rings is 1. The minimum absolute atomic E-state index is 0.0149. The molecule has 2 aromatic carbocycles. The third kappa shape index (κ3) is 4.38. The van der Waals surface area contributed by atoms with Crippen molar-refractivity contribution in [3.63, 3.8) is 0 Å². The maximum Gasteiger partial charge on any atom is 0.270 e. The molecule has 0 atom stereocenters. The Bertz CT molecular complexity index is 1180. The predicted octanol–water partition coefficient (Wildman–Crippen LogP) is 3.87. The fourth-order valence-electron chi connectivity index (χ4n) is 4.03. The molecule has 162 valence electrons. The number of rotatable bonds is 6. The van der Waals surface area contributed by atoms with Crippen molar-refractivity contribution in [2.75, 3.05) is 13.1 Å². The monoisotopic (exact) mass is 440 g/mol. The van der Waals surface area contributed by atoms with Gasteiger partial charge in [-0.3, -0.25) is 10.1 Å². The summed E-state index contributed by atoms with van der Waals surface area (Å²) in [5, 5.41) is 11.1. The van der Waals surface area contributed by atoms with E-state index in [2.05, 4.69) is 9.55 Å². The average Bonchev–Trinajstić information content (AvgIpc) is 3.23. The second-order valence-electron chi connectivity index (χ2n) is 7.82. The van der Waals surface area contributed by atoms with Gasteiger partial charge in [0.05, 0.1) is 9.82 Å². The lowest BCUT2D eigenvalue weighted by atomic mass is 9.98. The van der Waals surface area contributed by atoms with E-state index in [1.807, 2.05) is 36.5 Å². The first-order valence-electron chi connectivity index (χ1n) is 10.2. The van der Waals surface area contributed by atoms with Crippen LogP contribution in [0.4, 0.5) is 5.69 Å². The number of nitro groups is 1. The van der Waals surface area contributed by atoms with Crippen LogP contribution in [-0.4, -0.2) is 40.3 Å². The lowest BCUT2D eigenvalue weighted by Crippen LogP contribution is -2.39. The van der Waals surface area contributed by atoms with E-state index >= 15 is 0 Å². The lowest BCUT2D eigenvalue weighted by molar-refractivity contribution is -0.385. The van der Waals surface area contributed by atoms with Crippen molar-refractivity contribution < 1.29 is 13.3 Å². The highest BCUT2D eigenvalue weighted by atomic mass is 32.2. The summed E-state index contributed by atoms with van der Waals surface area (Å²) in [5.74, 6) is 1.23. The van der Waals surface area contributed by atoms with Crippen molar-refractivity contribution in [2.45, 2.75) is 31.2 Å². The van der Waals surface area contributed by atoms with Crippen LogP contribution in [0.25, 0.3) is 11.4 Å². The number of non-ortho nitro benzene ring substituents is 1. The summed E-state index contributed by atoms with van der Waals surface area (Å²) < 4.78 is 29.8. The first-order chi connectivity index (χ1) is 14.9.